The van der Waals surface area contributed by atoms with Crippen LogP contribution in [0.2, 0.25) is 0 Å². The summed E-state index contributed by atoms with van der Waals surface area (Å²) in [5.41, 5.74) is 0. The molecule has 0 atom stereocenters. The second kappa shape index (κ2) is 39.8. The van der Waals surface area contributed by atoms with Gasteiger partial charge in [-0.2, -0.15) is 0 Å². The molecule has 0 N–H and O–H groups in total. The Bertz CT molecular complexity index is 8.00. The predicted octanol–water partition coefficient (Wildman–Crippen LogP) is -0.0192. The fourth-order valence-electron chi connectivity index (χ4n) is 0. The van der Waals surface area contributed by atoms with Gasteiger partial charge >= 0.3 is 0 Å². The summed E-state index contributed by atoms with van der Waals surface area (Å²) in [6.07, 6.45) is 0. The summed E-state index contributed by atoms with van der Waals surface area (Å²) in [7, 11) is 2.28. The van der Waals surface area contributed by atoms with Gasteiger partial charge in [0.15, 0.2) is 0 Å². The molecule has 0 saturated carbocycles. The summed E-state index contributed by atoms with van der Waals surface area (Å²) < 4.78 is 7.94. The van der Waals surface area contributed by atoms with E-state index in [2.05, 4.69) is 9.12 Å². The van der Waals surface area contributed by atoms with Crippen molar-refractivity contribution >= 4 is 38.9 Å². The maximum absolute atomic E-state index is 7.94. The molecule has 0 aromatic rings. The van der Waals surface area contributed by atoms with E-state index in [1.165, 1.54) is 0 Å². The summed E-state index contributed by atoms with van der Waals surface area (Å²) in [6.45, 7) is 0. The Hall–Kier alpha value is 0.914. The molecule has 16 valence electrons. The molecule has 4 heteroatoms. The molecule has 0 unspecified atom stereocenters. The smallest absolute Gasteiger partial charge is 0.261 e. The average Bonchev–Trinajstić information content (AvgIpc) is 1.00. The van der Waals surface area contributed by atoms with Gasteiger partial charge in [-0.3, -0.25) is 4.57 Å². The SMILES string of the molecule is O=[P].[Li].[Si]. The van der Waals surface area contributed by atoms with E-state index in [0.29, 0.717) is 0 Å². The minimum Gasteiger partial charge on any atom is -0.261 e. The Morgan fingerprint density at radius 1 is 1.25 bits per heavy atom. The maximum atomic E-state index is 7.94. The van der Waals surface area contributed by atoms with E-state index in [1.54, 1.807) is 0 Å². The monoisotopic (exact) mass is 82.0 g/mol. The number of hydrogen-bond donors (Lipinski definition) is 0. The van der Waals surface area contributed by atoms with E-state index in [9.17, 15) is 0 Å². The van der Waals surface area contributed by atoms with Crippen LogP contribution in [0.1, 0.15) is 0 Å². The van der Waals surface area contributed by atoms with Crippen LogP contribution in [0.5, 0.6) is 0 Å². The molecule has 0 saturated heterocycles. The first-order valence-electron chi connectivity index (χ1n) is 0.183. The van der Waals surface area contributed by atoms with Gasteiger partial charge in [-0.25, -0.2) is 0 Å². The Labute approximate surface area is 44.0 Å². The minimum atomic E-state index is 0. The van der Waals surface area contributed by atoms with E-state index < -0.39 is 0 Å². The molecule has 6 radical (unpaired) electrons. The standard InChI is InChI=1S/Li.OP.Si/c;1-2;. The van der Waals surface area contributed by atoms with E-state index in [-0.39, 0.29) is 29.8 Å². The summed E-state index contributed by atoms with van der Waals surface area (Å²) in [6, 6.07) is 0. The molecule has 0 aromatic carbocycles. The summed E-state index contributed by atoms with van der Waals surface area (Å²) in [4.78, 5) is 0. The molecule has 0 fully saturated rings. The first kappa shape index (κ1) is 20.5. The second-order valence-corrected chi connectivity index (χ2v) is 0. The van der Waals surface area contributed by atoms with Crippen molar-refractivity contribution in [3.63, 3.8) is 0 Å². The molecule has 0 bridgehead atoms. The van der Waals surface area contributed by atoms with Crippen LogP contribution in [0.15, 0.2) is 0 Å². The van der Waals surface area contributed by atoms with Gasteiger partial charge in [0.25, 0.3) is 9.12 Å². The zero-order valence-corrected chi connectivity index (χ0v) is 4.25. The van der Waals surface area contributed by atoms with Crippen molar-refractivity contribution in [2.75, 3.05) is 0 Å². The Kier molecular flexibility index (Phi) is 204. The first-order chi connectivity index (χ1) is 1.00. The van der Waals surface area contributed by atoms with Gasteiger partial charge in [-0.15, -0.1) is 0 Å². The molecule has 0 aliphatic heterocycles. The number of hydrogen-bond acceptors (Lipinski definition) is 1. The van der Waals surface area contributed by atoms with Crippen molar-refractivity contribution in [3.8, 4) is 0 Å². The van der Waals surface area contributed by atoms with Crippen molar-refractivity contribution in [2.45, 2.75) is 0 Å². The zero-order valence-electron chi connectivity index (χ0n) is 2.36. The van der Waals surface area contributed by atoms with Gasteiger partial charge < -0.3 is 0 Å². The average molecular weight is 82.0 g/mol. The molecule has 0 aliphatic rings. The van der Waals surface area contributed by atoms with Crippen LogP contribution in [-0.4, -0.2) is 29.8 Å². The van der Waals surface area contributed by atoms with Crippen molar-refractivity contribution in [2.24, 2.45) is 0 Å². The van der Waals surface area contributed by atoms with Crippen molar-refractivity contribution < 1.29 is 4.57 Å². The van der Waals surface area contributed by atoms with E-state index in [0.717, 1.165) is 0 Å². The Morgan fingerprint density at radius 3 is 1.25 bits per heavy atom. The van der Waals surface area contributed by atoms with Crippen LogP contribution < -0.4 is 0 Å². The predicted molar refractivity (Wildman–Crippen MR) is 19.1 cm³/mol. The fraction of sp³-hybridized carbons (Fsp3) is 0. The van der Waals surface area contributed by atoms with Gasteiger partial charge in [-0.1, -0.05) is 0 Å². The third kappa shape index (κ3) is 12.8. The molecule has 1 nitrogen and oxygen atoms in total. The molecule has 0 aromatic heterocycles. The Balaban J connectivity index is -0.00000000500. The van der Waals surface area contributed by atoms with Gasteiger partial charge in [-0.05, 0) is 0 Å². The zero-order chi connectivity index (χ0) is 2.00. The molecule has 0 heterocycles. The van der Waals surface area contributed by atoms with E-state index >= 15 is 0 Å². The molecule has 0 aliphatic carbocycles. The van der Waals surface area contributed by atoms with Crippen LogP contribution in [0.25, 0.3) is 0 Å². The van der Waals surface area contributed by atoms with Crippen LogP contribution in [0.4, 0.5) is 0 Å². The van der Waals surface area contributed by atoms with E-state index in [1.807, 2.05) is 0 Å². The van der Waals surface area contributed by atoms with Crippen LogP contribution in [-0.2, 0) is 4.57 Å². The largest absolute Gasteiger partial charge is 0.261 e. The van der Waals surface area contributed by atoms with Crippen LogP contribution >= 0.6 is 9.12 Å². The molecule has 0 spiro atoms. The third-order valence-corrected chi connectivity index (χ3v) is 0. The summed E-state index contributed by atoms with van der Waals surface area (Å²) >= 11 is 0. The van der Waals surface area contributed by atoms with Crippen LogP contribution in [0.3, 0.4) is 0 Å². The second-order valence-electron chi connectivity index (χ2n) is 0. The van der Waals surface area contributed by atoms with Crippen LogP contribution in [0, 0.1) is 0 Å². The van der Waals surface area contributed by atoms with Crippen molar-refractivity contribution in [1.82, 2.24) is 0 Å². The fourth-order valence-corrected chi connectivity index (χ4v) is 0. The van der Waals surface area contributed by atoms with Gasteiger partial charge in [0.05, 0.1) is 0 Å². The van der Waals surface area contributed by atoms with Crippen molar-refractivity contribution in [1.29, 1.82) is 0 Å². The first-order valence-corrected chi connectivity index (χ1v) is 0.548. The molecular formula is LiOPSi. The molecule has 0 amide bonds. The number of rotatable bonds is 0. The maximum Gasteiger partial charge on any atom is 0.261 e. The van der Waals surface area contributed by atoms with Gasteiger partial charge in [0.1, 0.15) is 0 Å². The molecular weight excluding hydrogens is 82.0 g/mol. The third-order valence-electron chi connectivity index (χ3n) is 0. The summed E-state index contributed by atoms with van der Waals surface area (Å²) in [5, 5.41) is 0. The van der Waals surface area contributed by atoms with Crippen molar-refractivity contribution in [3.05, 3.63) is 0 Å². The topological polar surface area (TPSA) is 17.1 Å². The van der Waals surface area contributed by atoms with Gasteiger partial charge in [0.2, 0.25) is 0 Å². The molecule has 0 rings (SSSR count). The summed E-state index contributed by atoms with van der Waals surface area (Å²) in [5.74, 6) is 0. The Morgan fingerprint density at radius 2 is 1.25 bits per heavy atom. The molecule has 4 heavy (non-hydrogen) atoms. The normalized spacial score (nSPS) is 1.00. The van der Waals surface area contributed by atoms with Gasteiger partial charge in [0, 0.05) is 29.8 Å². The van der Waals surface area contributed by atoms with E-state index in [4.69, 9.17) is 4.57 Å². The quantitative estimate of drug-likeness (QED) is 0.296. The minimum absolute atomic E-state index is 0.